The van der Waals surface area contributed by atoms with E-state index in [1.807, 2.05) is 0 Å². The molecule has 0 saturated carbocycles. The first-order chi connectivity index (χ1) is 7.72. The van der Waals surface area contributed by atoms with E-state index < -0.39 is 0 Å². The number of nitrogens with one attached hydrogen (secondary N) is 1. The van der Waals surface area contributed by atoms with Gasteiger partial charge >= 0.3 is 5.69 Å². The van der Waals surface area contributed by atoms with Crippen molar-refractivity contribution in [1.29, 1.82) is 0 Å². The van der Waals surface area contributed by atoms with E-state index in [1.54, 1.807) is 16.3 Å². The van der Waals surface area contributed by atoms with E-state index in [0.717, 1.165) is 36.0 Å². The van der Waals surface area contributed by atoms with Crippen LogP contribution < -0.4 is 5.69 Å². The molecule has 0 saturated heterocycles. The van der Waals surface area contributed by atoms with Gasteiger partial charge in [-0.15, -0.1) is 5.10 Å². The molecule has 4 nitrogen and oxygen atoms in total. The van der Waals surface area contributed by atoms with Gasteiger partial charge in [-0.1, -0.05) is 32.0 Å². The Morgan fingerprint density at radius 2 is 2.31 bits per heavy atom. The van der Waals surface area contributed by atoms with Crippen molar-refractivity contribution in [2.24, 2.45) is 5.92 Å². The van der Waals surface area contributed by atoms with Crippen molar-refractivity contribution in [2.75, 3.05) is 11.5 Å². The van der Waals surface area contributed by atoms with Crippen molar-refractivity contribution in [3.05, 3.63) is 10.5 Å². The minimum Gasteiger partial charge on any atom is -0.270 e. The summed E-state index contributed by atoms with van der Waals surface area (Å²) in [7, 11) is 0. The summed E-state index contributed by atoms with van der Waals surface area (Å²) >= 11 is 5.94. The third-order valence-electron chi connectivity index (χ3n) is 2.45. The lowest BCUT2D eigenvalue weighted by atomic mass is 10.2. The normalized spacial score (nSPS) is 12.9. The van der Waals surface area contributed by atoms with E-state index >= 15 is 0 Å². The van der Waals surface area contributed by atoms with Crippen LogP contribution in [0.25, 0.3) is 0 Å². The van der Waals surface area contributed by atoms with E-state index in [-0.39, 0.29) is 5.69 Å². The predicted molar refractivity (Wildman–Crippen MR) is 71.5 cm³/mol. The van der Waals surface area contributed by atoms with Crippen LogP contribution in [-0.4, -0.2) is 26.3 Å². The van der Waals surface area contributed by atoms with Crippen LogP contribution in [0, 0.1) is 5.92 Å². The molecule has 1 unspecified atom stereocenters. The summed E-state index contributed by atoms with van der Waals surface area (Å²) in [5.41, 5.74) is -0.108. The van der Waals surface area contributed by atoms with Crippen molar-refractivity contribution in [3.8, 4) is 0 Å². The van der Waals surface area contributed by atoms with Gasteiger partial charge < -0.3 is 0 Å². The topological polar surface area (TPSA) is 50.7 Å². The molecule has 16 heavy (non-hydrogen) atoms. The highest BCUT2D eigenvalue weighted by Crippen LogP contribution is 2.19. The largest absolute Gasteiger partial charge is 0.343 e. The Morgan fingerprint density at radius 1 is 1.56 bits per heavy atom. The van der Waals surface area contributed by atoms with Crippen molar-refractivity contribution >= 4 is 24.4 Å². The minimum atomic E-state index is -0.108. The quantitative estimate of drug-likeness (QED) is 0.583. The van der Waals surface area contributed by atoms with Gasteiger partial charge in [-0.3, -0.25) is 4.57 Å². The van der Waals surface area contributed by atoms with Crippen molar-refractivity contribution in [1.82, 2.24) is 14.8 Å². The first-order valence-corrected chi connectivity index (χ1v) is 7.23. The molecule has 0 fully saturated rings. The highest BCUT2D eigenvalue weighted by molar-refractivity contribution is 7.99. The Balaban J connectivity index is 2.62. The molecule has 0 aromatic carbocycles. The fourth-order valence-corrected chi connectivity index (χ4v) is 3.07. The Morgan fingerprint density at radius 3 is 2.88 bits per heavy atom. The number of rotatable bonds is 7. The summed E-state index contributed by atoms with van der Waals surface area (Å²) in [6, 6.07) is 0. The molecule has 1 heterocycles. The van der Waals surface area contributed by atoms with Gasteiger partial charge in [-0.05, 0) is 18.1 Å². The summed E-state index contributed by atoms with van der Waals surface area (Å²) in [5, 5.41) is 7.34. The molecule has 1 aromatic rings. The van der Waals surface area contributed by atoms with Gasteiger partial charge in [0.1, 0.15) is 0 Å². The van der Waals surface area contributed by atoms with E-state index in [2.05, 4.69) is 36.7 Å². The monoisotopic (exact) mass is 261 g/mol. The molecular weight excluding hydrogens is 242 g/mol. The lowest BCUT2D eigenvalue weighted by Gasteiger charge is -2.10. The van der Waals surface area contributed by atoms with Gasteiger partial charge in [0.25, 0.3) is 0 Å². The van der Waals surface area contributed by atoms with Crippen LogP contribution in [0.3, 0.4) is 0 Å². The Labute approximate surface area is 106 Å². The predicted octanol–water partition coefficient (Wildman–Crippen LogP) is 2.03. The SMILES string of the molecule is CCCn1c(SCC(CC)CS)n[nH]c1=O. The Bertz CT molecular complexity index is 357. The number of H-pyrrole nitrogens is 1. The van der Waals surface area contributed by atoms with Gasteiger partial charge in [0.2, 0.25) is 0 Å². The van der Waals surface area contributed by atoms with Gasteiger partial charge in [0, 0.05) is 12.3 Å². The molecule has 6 heteroatoms. The lowest BCUT2D eigenvalue weighted by Crippen LogP contribution is -2.17. The zero-order chi connectivity index (χ0) is 12.0. The van der Waals surface area contributed by atoms with Crippen LogP contribution in [0.1, 0.15) is 26.7 Å². The molecule has 0 amide bonds. The number of thioether (sulfide) groups is 1. The molecule has 0 aliphatic rings. The molecule has 0 bridgehead atoms. The molecule has 0 aliphatic heterocycles. The van der Waals surface area contributed by atoms with E-state index in [4.69, 9.17) is 0 Å². The highest BCUT2D eigenvalue weighted by atomic mass is 32.2. The van der Waals surface area contributed by atoms with E-state index in [9.17, 15) is 4.79 Å². The van der Waals surface area contributed by atoms with Gasteiger partial charge in [0.05, 0.1) is 0 Å². The standard InChI is InChI=1S/C10H19N3OS2/c1-3-5-13-9(14)11-12-10(13)16-7-8(4-2)6-15/h8,15H,3-7H2,1-2H3,(H,11,14). The van der Waals surface area contributed by atoms with Gasteiger partial charge in [0.15, 0.2) is 5.16 Å². The van der Waals surface area contributed by atoms with E-state index in [1.165, 1.54) is 0 Å². The molecule has 0 aliphatic carbocycles. The van der Waals surface area contributed by atoms with E-state index in [0.29, 0.717) is 5.92 Å². The number of aromatic amines is 1. The molecule has 1 aromatic heterocycles. The Hall–Kier alpha value is -0.360. The second-order valence-electron chi connectivity index (χ2n) is 3.73. The van der Waals surface area contributed by atoms with Crippen LogP contribution in [0.2, 0.25) is 0 Å². The fraction of sp³-hybridized carbons (Fsp3) is 0.800. The molecule has 1 atom stereocenters. The highest BCUT2D eigenvalue weighted by Gasteiger charge is 2.11. The summed E-state index contributed by atoms with van der Waals surface area (Å²) in [4.78, 5) is 11.4. The van der Waals surface area contributed by atoms with Crippen molar-refractivity contribution in [2.45, 2.75) is 38.4 Å². The summed E-state index contributed by atoms with van der Waals surface area (Å²) in [6.45, 7) is 4.94. The molecule has 1 N–H and O–H groups in total. The summed E-state index contributed by atoms with van der Waals surface area (Å²) < 4.78 is 1.70. The van der Waals surface area contributed by atoms with Crippen LogP contribution in [0.15, 0.2) is 9.95 Å². The fourth-order valence-electron chi connectivity index (χ4n) is 1.33. The minimum absolute atomic E-state index is 0.108. The van der Waals surface area contributed by atoms with Crippen LogP contribution in [-0.2, 0) is 6.54 Å². The molecule has 92 valence electrons. The zero-order valence-corrected chi connectivity index (χ0v) is 11.5. The first-order valence-electron chi connectivity index (χ1n) is 5.61. The van der Waals surface area contributed by atoms with Crippen molar-refractivity contribution in [3.63, 3.8) is 0 Å². The maximum Gasteiger partial charge on any atom is 0.343 e. The maximum absolute atomic E-state index is 11.4. The smallest absolute Gasteiger partial charge is 0.270 e. The number of hydrogen-bond donors (Lipinski definition) is 2. The lowest BCUT2D eigenvalue weighted by molar-refractivity contribution is 0.600. The molecule has 0 radical (unpaired) electrons. The second-order valence-corrected chi connectivity index (χ2v) is 5.08. The van der Waals surface area contributed by atoms with Crippen molar-refractivity contribution < 1.29 is 0 Å². The van der Waals surface area contributed by atoms with Crippen LogP contribution >= 0.6 is 24.4 Å². The maximum atomic E-state index is 11.4. The number of aromatic nitrogens is 3. The number of nitrogens with zero attached hydrogens (tertiary/aromatic N) is 2. The van der Waals surface area contributed by atoms with Crippen LogP contribution in [0.5, 0.6) is 0 Å². The summed E-state index contributed by atoms with van der Waals surface area (Å²) in [5.74, 6) is 2.43. The third-order valence-corrected chi connectivity index (χ3v) is 4.18. The second kappa shape index (κ2) is 7.06. The van der Waals surface area contributed by atoms with Gasteiger partial charge in [-0.2, -0.15) is 12.6 Å². The Kier molecular flexibility index (Phi) is 6.05. The average Bonchev–Trinajstić information content (AvgIpc) is 2.63. The first kappa shape index (κ1) is 13.7. The number of hydrogen-bond acceptors (Lipinski definition) is 4. The molecule has 1 rings (SSSR count). The molecular formula is C10H19N3OS2. The molecule has 0 spiro atoms. The summed E-state index contributed by atoms with van der Waals surface area (Å²) in [6.07, 6.45) is 2.05. The zero-order valence-electron chi connectivity index (χ0n) is 9.77. The van der Waals surface area contributed by atoms with Gasteiger partial charge in [-0.25, -0.2) is 9.89 Å². The van der Waals surface area contributed by atoms with Crippen LogP contribution in [0.4, 0.5) is 0 Å². The number of thiol groups is 1. The third kappa shape index (κ3) is 3.59. The average molecular weight is 261 g/mol.